The molecule has 1 unspecified atom stereocenters. The average molecular weight is 413 g/mol. The van der Waals surface area contributed by atoms with Crippen LogP contribution in [0.4, 0.5) is 0 Å². The highest BCUT2D eigenvalue weighted by molar-refractivity contribution is 5.75. The fourth-order valence-electron chi connectivity index (χ4n) is 3.96. The van der Waals surface area contributed by atoms with Crippen LogP contribution in [-0.4, -0.2) is 45.6 Å². The first-order chi connectivity index (χ1) is 14.5. The summed E-state index contributed by atoms with van der Waals surface area (Å²) in [4.78, 5) is 39.6. The van der Waals surface area contributed by atoms with Gasteiger partial charge in [0, 0.05) is 24.8 Å². The summed E-state index contributed by atoms with van der Waals surface area (Å²) >= 11 is 0. The topological polar surface area (TPSA) is 76.3 Å². The third-order valence-electron chi connectivity index (χ3n) is 5.77. The number of benzene rings is 1. The molecule has 0 bridgehead atoms. The Balaban J connectivity index is 1.48. The average Bonchev–Trinajstić information content (AvgIpc) is 2.75. The van der Waals surface area contributed by atoms with Crippen LogP contribution >= 0.6 is 0 Å². The highest BCUT2D eigenvalue weighted by Crippen LogP contribution is 2.16. The number of amides is 1. The Kier molecular flexibility index (Phi) is 8.02. The Morgan fingerprint density at radius 1 is 1.10 bits per heavy atom. The summed E-state index contributed by atoms with van der Waals surface area (Å²) in [6, 6.07) is 11.5. The Hall–Kier alpha value is -2.67. The summed E-state index contributed by atoms with van der Waals surface area (Å²) in [5, 5.41) is 2.84. The van der Waals surface area contributed by atoms with E-state index in [1.165, 1.54) is 42.6 Å². The Morgan fingerprint density at radius 2 is 1.90 bits per heavy atom. The lowest BCUT2D eigenvalue weighted by Gasteiger charge is -2.33. The van der Waals surface area contributed by atoms with Crippen LogP contribution in [0.1, 0.15) is 44.6 Å². The third-order valence-corrected chi connectivity index (χ3v) is 5.77. The molecule has 1 aliphatic heterocycles. The molecule has 30 heavy (non-hydrogen) atoms. The van der Waals surface area contributed by atoms with E-state index in [0.717, 1.165) is 29.5 Å². The Morgan fingerprint density at radius 3 is 2.67 bits per heavy atom. The van der Waals surface area contributed by atoms with Gasteiger partial charge in [0.1, 0.15) is 6.54 Å². The maximum absolute atomic E-state index is 12.7. The molecule has 2 aromatic rings. The molecule has 3 rings (SSSR count). The number of piperidine rings is 1. The van der Waals surface area contributed by atoms with Crippen molar-refractivity contribution in [3.63, 3.8) is 0 Å². The van der Waals surface area contributed by atoms with E-state index >= 15 is 0 Å². The van der Waals surface area contributed by atoms with Gasteiger partial charge in [0.05, 0.1) is 6.54 Å². The van der Waals surface area contributed by atoms with Gasteiger partial charge < -0.3 is 10.2 Å². The molecule has 1 aromatic carbocycles. The predicted molar refractivity (Wildman–Crippen MR) is 118 cm³/mol. The van der Waals surface area contributed by atoms with E-state index < -0.39 is 11.2 Å². The molecule has 1 amide bonds. The first kappa shape index (κ1) is 22.0. The molecule has 1 fully saturated rings. The number of aromatic nitrogens is 2. The van der Waals surface area contributed by atoms with Crippen molar-refractivity contribution in [3.05, 3.63) is 69.0 Å². The van der Waals surface area contributed by atoms with Crippen LogP contribution in [0.15, 0.2) is 52.2 Å². The summed E-state index contributed by atoms with van der Waals surface area (Å²) in [5.74, 6) is -0.307. The normalized spacial score (nSPS) is 17.0. The lowest BCUT2D eigenvalue weighted by molar-refractivity contribution is -0.121. The van der Waals surface area contributed by atoms with Gasteiger partial charge in [-0.25, -0.2) is 4.79 Å². The Labute approximate surface area is 177 Å². The molecule has 1 saturated heterocycles. The monoisotopic (exact) mass is 412 g/mol. The van der Waals surface area contributed by atoms with Crippen LogP contribution < -0.4 is 16.6 Å². The fraction of sp³-hybridized carbons (Fsp3) is 0.522. The zero-order chi connectivity index (χ0) is 21.3. The van der Waals surface area contributed by atoms with E-state index in [1.807, 2.05) is 30.3 Å². The van der Waals surface area contributed by atoms with E-state index in [1.54, 1.807) is 0 Å². The number of hydrogen-bond donors (Lipinski definition) is 1. The quantitative estimate of drug-likeness (QED) is 0.638. The van der Waals surface area contributed by atoms with Crippen LogP contribution in [0.25, 0.3) is 0 Å². The fourth-order valence-corrected chi connectivity index (χ4v) is 3.96. The first-order valence-electron chi connectivity index (χ1n) is 10.9. The zero-order valence-corrected chi connectivity index (χ0v) is 17.8. The molecule has 7 heteroatoms. The van der Waals surface area contributed by atoms with E-state index in [9.17, 15) is 14.4 Å². The van der Waals surface area contributed by atoms with Gasteiger partial charge in [0.25, 0.3) is 5.56 Å². The van der Waals surface area contributed by atoms with Gasteiger partial charge in [-0.1, -0.05) is 36.8 Å². The Bertz CT molecular complexity index is 935. The second-order valence-corrected chi connectivity index (χ2v) is 8.07. The highest BCUT2D eigenvalue weighted by Gasteiger charge is 2.17. The van der Waals surface area contributed by atoms with Crippen LogP contribution in [0.5, 0.6) is 0 Å². The smallest absolute Gasteiger partial charge is 0.331 e. The maximum Gasteiger partial charge on any atom is 0.331 e. The molecule has 1 N–H and O–H groups in total. The molecule has 1 aromatic heterocycles. The molecule has 7 nitrogen and oxygen atoms in total. The van der Waals surface area contributed by atoms with Crippen molar-refractivity contribution in [2.45, 2.75) is 58.2 Å². The van der Waals surface area contributed by atoms with E-state index in [0.29, 0.717) is 19.1 Å². The molecular formula is C23H32N4O3. The van der Waals surface area contributed by atoms with Gasteiger partial charge >= 0.3 is 5.69 Å². The first-order valence-corrected chi connectivity index (χ1v) is 10.9. The molecular weight excluding hydrogens is 380 g/mol. The van der Waals surface area contributed by atoms with Gasteiger partial charge in [-0.05, 0) is 51.3 Å². The van der Waals surface area contributed by atoms with Crippen molar-refractivity contribution in [2.24, 2.45) is 0 Å². The summed E-state index contributed by atoms with van der Waals surface area (Å²) < 4.78 is 2.44. The number of unbranched alkanes of at least 4 members (excludes halogenated alkanes) is 1. The molecule has 1 aliphatic rings. The van der Waals surface area contributed by atoms with Gasteiger partial charge in [-0.15, -0.1) is 0 Å². The number of nitrogens with one attached hydrogen (secondary N) is 1. The van der Waals surface area contributed by atoms with Crippen LogP contribution in [0, 0.1) is 0 Å². The minimum atomic E-state index is -0.472. The summed E-state index contributed by atoms with van der Waals surface area (Å²) in [6.07, 6.45) is 7.25. The summed E-state index contributed by atoms with van der Waals surface area (Å²) in [7, 11) is 0. The van der Waals surface area contributed by atoms with Gasteiger partial charge in [0.2, 0.25) is 5.91 Å². The molecule has 2 heterocycles. The van der Waals surface area contributed by atoms with Gasteiger partial charge in [-0.2, -0.15) is 0 Å². The standard InChI is InChI=1S/C23H32N4O3/c1-19-9-5-7-14-25(19)15-8-6-13-24-21(28)18-27-22(29)12-16-26(23(27)30)17-20-10-3-2-4-11-20/h2-4,10-12,16,19H,5-9,13-15,17-18H2,1H3,(H,24,28). The predicted octanol–water partition coefficient (Wildman–Crippen LogP) is 1.83. The molecule has 0 saturated carbocycles. The largest absolute Gasteiger partial charge is 0.355 e. The van der Waals surface area contributed by atoms with Crippen molar-refractivity contribution in [1.82, 2.24) is 19.4 Å². The second kappa shape index (κ2) is 10.9. The molecule has 0 aliphatic carbocycles. The van der Waals surface area contributed by atoms with Gasteiger partial charge in [0.15, 0.2) is 0 Å². The minimum Gasteiger partial charge on any atom is -0.355 e. The van der Waals surface area contributed by atoms with Crippen LogP contribution in [0.2, 0.25) is 0 Å². The zero-order valence-electron chi connectivity index (χ0n) is 17.8. The molecule has 1 atom stereocenters. The van der Waals surface area contributed by atoms with Crippen molar-refractivity contribution in [2.75, 3.05) is 19.6 Å². The lowest BCUT2D eigenvalue weighted by atomic mass is 10.0. The second-order valence-electron chi connectivity index (χ2n) is 8.07. The number of rotatable bonds is 9. The molecule has 0 spiro atoms. The minimum absolute atomic E-state index is 0.254. The van der Waals surface area contributed by atoms with Crippen LogP contribution in [-0.2, 0) is 17.9 Å². The number of carbonyl (C=O) groups excluding carboxylic acids is 1. The van der Waals surface area contributed by atoms with Crippen molar-refractivity contribution < 1.29 is 4.79 Å². The van der Waals surface area contributed by atoms with Gasteiger partial charge in [-0.3, -0.25) is 18.7 Å². The van der Waals surface area contributed by atoms with Crippen LogP contribution in [0.3, 0.4) is 0 Å². The number of carbonyl (C=O) groups is 1. The van der Waals surface area contributed by atoms with Crippen molar-refractivity contribution in [1.29, 1.82) is 0 Å². The van der Waals surface area contributed by atoms with E-state index in [4.69, 9.17) is 0 Å². The van der Waals surface area contributed by atoms with Crippen molar-refractivity contribution >= 4 is 5.91 Å². The third kappa shape index (κ3) is 6.16. The maximum atomic E-state index is 12.7. The summed E-state index contributed by atoms with van der Waals surface area (Å²) in [5.41, 5.74) is 0.0245. The number of likely N-dealkylation sites (tertiary alicyclic amines) is 1. The number of hydrogen-bond acceptors (Lipinski definition) is 4. The van der Waals surface area contributed by atoms with Crippen molar-refractivity contribution in [3.8, 4) is 0 Å². The SMILES string of the molecule is CC1CCCCN1CCCCNC(=O)Cn1c(=O)ccn(Cc2ccccc2)c1=O. The molecule has 162 valence electrons. The molecule has 0 radical (unpaired) electrons. The number of nitrogens with zero attached hydrogens (tertiary/aromatic N) is 3. The summed E-state index contributed by atoms with van der Waals surface area (Å²) in [6.45, 7) is 5.16. The lowest BCUT2D eigenvalue weighted by Crippen LogP contribution is -2.43. The highest BCUT2D eigenvalue weighted by atomic mass is 16.2. The van der Waals surface area contributed by atoms with E-state index in [-0.39, 0.29) is 12.5 Å². The van der Waals surface area contributed by atoms with E-state index in [2.05, 4.69) is 17.1 Å².